The summed E-state index contributed by atoms with van der Waals surface area (Å²) < 4.78 is 5.50. The topological polar surface area (TPSA) is 41.6 Å². The molecule has 0 aromatic heterocycles. The standard InChI is InChI=1S/C15H22N2O2/c1-2-17(12-13-7-4-3-5-8-13)15(18)16-11-14-9-6-10-19-14/h3-5,7-8,14H,2,6,9-12H2,1H3,(H,16,18). The minimum atomic E-state index is -0.0122. The molecule has 0 saturated carbocycles. The Morgan fingerprint density at radius 1 is 1.42 bits per heavy atom. The number of carbonyl (C=O) groups is 1. The van der Waals surface area contributed by atoms with Gasteiger partial charge in [-0.15, -0.1) is 0 Å². The normalized spacial score (nSPS) is 18.3. The highest BCUT2D eigenvalue weighted by atomic mass is 16.5. The third kappa shape index (κ3) is 4.24. The molecule has 1 aromatic carbocycles. The zero-order valence-electron chi connectivity index (χ0n) is 11.5. The minimum absolute atomic E-state index is 0.0122. The number of amides is 2. The highest BCUT2D eigenvalue weighted by molar-refractivity contribution is 5.74. The smallest absolute Gasteiger partial charge is 0.317 e. The maximum absolute atomic E-state index is 12.1. The molecule has 0 bridgehead atoms. The number of urea groups is 1. The van der Waals surface area contributed by atoms with Gasteiger partial charge in [-0.05, 0) is 25.3 Å². The summed E-state index contributed by atoms with van der Waals surface area (Å²) in [5.41, 5.74) is 1.15. The second kappa shape index (κ2) is 7.14. The fourth-order valence-corrected chi connectivity index (χ4v) is 2.25. The molecule has 104 valence electrons. The largest absolute Gasteiger partial charge is 0.376 e. The molecule has 1 atom stereocenters. The van der Waals surface area contributed by atoms with Gasteiger partial charge in [0.1, 0.15) is 0 Å². The van der Waals surface area contributed by atoms with Crippen LogP contribution < -0.4 is 5.32 Å². The molecule has 2 rings (SSSR count). The van der Waals surface area contributed by atoms with Gasteiger partial charge in [0.15, 0.2) is 0 Å². The third-order valence-electron chi connectivity index (χ3n) is 3.39. The zero-order valence-corrected chi connectivity index (χ0v) is 11.5. The van der Waals surface area contributed by atoms with Crippen molar-refractivity contribution < 1.29 is 9.53 Å². The van der Waals surface area contributed by atoms with E-state index in [-0.39, 0.29) is 12.1 Å². The molecule has 1 aromatic rings. The van der Waals surface area contributed by atoms with Gasteiger partial charge in [-0.3, -0.25) is 0 Å². The summed E-state index contributed by atoms with van der Waals surface area (Å²) in [6.45, 7) is 4.78. The summed E-state index contributed by atoms with van der Waals surface area (Å²) in [5.74, 6) is 0. The summed E-state index contributed by atoms with van der Waals surface area (Å²) in [5, 5.41) is 2.96. The predicted molar refractivity (Wildman–Crippen MR) is 74.9 cm³/mol. The summed E-state index contributed by atoms with van der Waals surface area (Å²) in [6, 6.07) is 10.0. The first-order valence-electron chi connectivity index (χ1n) is 6.98. The van der Waals surface area contributed by atoms with Crippen LogP contribution in [0, 0.1) is 0 Å². The average Bonchev–Trinajstić information content (AvgIpc) is 2.96. The van der Waals surface area contributed by atoms with Gasteiger partial charge in [0, 0.05) is 26.2 Å². The van der Waals surface area contributed by atoms with Gasteiger partial charge in [0.25, 0.3) is 0 Å². The van der Waals surface area contributed by atoms with Crippen LogP contribution in [0.4, 0.5) is 4.79 Å². The van der Waals surface area contributed by atoms with Gasteiger partial charge in [-0.25, -0.2) is 4.79 Å². The van der Waals surface area contributed by atoms with Gasteiger partial charge >= 0.3 is 6.03 Å². The lowest BCUT2D eigenvalue weighted by Gasteiger charge is -2.22. The van der Waals surface area contributed by atoms with Gasteiger partial charge in [-0.1, -0.05) is 30.3 Å². The Hall–Kier alpha value is -1.55. The molecule has 1 aliphatic heterocycles. The monoisotopic (exact) mass is 262 g/mol. The second-order valence-electron chi connectivity index (χ2n) is 4.82. The Morgan fingerprint density at radius 2 is 2.21 bits per heavy atom. The number of hydrogen-bond acceptors (Lipinski definition) is 2. The minimum Gasteiger partial charge on any atom is -0.376 e. The van der Waals surface area contributed by atoms with Crippen molar-refractivity contribution in [1.82, 2.24) is 10.2 Å². The maximum Gasteiger partial charge on any atom is 0.317 e. The van der Waals surface area contributed by atoms with Gasteiger partial charge in [0.2, 0.25) is 0 Å². The third-order valence-corrected chi connectivity index (χ3v) is 3.39. The Bertz CT molecular complexity index is 388. The van der Waals surface area contributed by atoms with Gasteiger partial charge in [-0.2, -0.15) is 0 Å². The summed E-state index contributed by atoms with van der Waals surface area (Å²) in [6.07, 6.45) is 2.34. The molecule has 1 heterocycles. The molecule has 1 aliphatic rings. The van der Waals surface area contributed by atoms with E-state index in [9.17, 15) is 4.79 Å². The number of nitrogens with zero attached hydrogens (tertiary/aromatic N) is 1. The van der Waals surface area contributed by atoms with E-state index in [1.807, 2.05) is 42.2 Å². The number of benzene rings is 1. The first-order chi connectivity index (χ1) is 9.29. The molecule has 1 unspecified atom stereocenters. The highest BCUT2D eigenvalue weighted by Gasteiger charge is 2.18. The fraction of sp³-hybridized carbons (Fsp3) is 0.533. The van der Waals surface area contributed by atoms with Crippen molar-refractivity contribution in [2.75, 3.05) is 19.7 Å². The van der Waals surface area contributed by atoms with Crippen LogP contribution in [0.1, 0.15) is 25.3 Å². The molecule has 0 radical (unpaired) electrons. The first kappa shape index (κ1) is 13.9. The van der Waals surface area contributed by atoms with E-state index in [2.05, 4.69) is 5.32 Å². The molecule has 0 spiro atoms. The molecule has 4 nitrogen and oxygen atoms in total. The Balaban J connectivity index is 1.81. The van der Waals surface area contributed by atoms with Crippen LogP contribution in [0.25, 0.3) is 0 Å². The highest BCUT2D eigenvalue weighted by Crippen LogP contribution is 2.11. The van der Waals surface area contributed by atoms with Gasteiger partial charge in [0.05, 0.1) is 6.10 Å². The van der Waals surface area contributed by atoms with E-state index in [0.717, 1.165) is 25.0 Å². The van der Waals surface area contributed by atoms with Crippen molar-refractivity contribution in [3.63, 3.8) is 0 Å². The number of carbonyl (C=O) groups excluding carboxylic acids is 1. The van der Waals surface area contributed by atoms with Crippen LogP contribution in [0.2, 0.25) is 0 Å². The summed E-state index contributed by atoms with van der Waals surface area (Å²) in [7, 11) is 0. The Morgan fingerprint density at radius 3 is 2.84 bits per heavy atom. The molecular weight excluding hydrogens is 240 g/mol. The van der Waals surface area contributed by atoms with E-state index in [4.69, 9.17) is 4.74 Å². The molecule has 1 N–H and O–H groups in total. The van der Waals surface area contributed by atoms with Crippen LogP contribution in [0.5, 0.6) is 0 Å². The Labute approximate surface area is 114 Å². The van der Waals surface area contributed by atoms with Crippen molar-refractivity contribution in [2.45, 2.75) is 32.4 Å². The zero-order chi connectivity index (χ0) is 13.5. The van der Waals surface area contributed by atoms with Crippen LogP contribution in [-0.4, -0.2) is 36.7 Å². The molecule has 4 heteroatoms. The lowest BCUT2D eigenvalue weighted by atomic mass is 10.2. The van der Waals surface area contributed by atoms with Crippen molar-refractivity contribution >= 4 is 6.03 Å². The number of hydrogen-bond donors (Lipinski definition) is 1. The summed E-state index contributed by atoms with van der Waals surface area (Å²) in [4.78, 5) is 13.9. The number of ether oxygens (including phenoxy) is 1. The van der Waals surface area contributed by atoms with E-state index in [1.54, 1.807) is 0 Å². The van der Waals surface area contributed by atoms with Crippen molar-refractivity contribution in [1.29, 1.82) is 0 Å². The lowest BCUT2D eigenvalue weighted by molar-refractivity contribution is 0.109. The molecule has 1 saturated heterocycles. The van der Waals surface area contributed by atoms with Crippen molar-refractivity contribution in [3.8, 4) is 0 Å². The number of nitrogens with one attached hydrogen (secondary N) is 1. The van der Waals surface area contributed by atoms with Gasteiger partial charge < -0.3 is 15.0 Å². The fourth-order valence-electron chi connectivity index (χ4n) is 2.25. The van der Waals surface area contributed by atoms with Crippen LogP contribution >= 0.6 is 0 Å². The summed E-state index contributed by atoms with van der Waals surface area (Å²) >= 11 is 0. The Kier molecular flexibility index (Phi) is 5.21. The average molecular weight is 262 g/mol. The molecule has 2 amide bonds. The van der Waals surface area contributed by atoms with Crippen molar-refractivity contribution in [2.24, 2.45) is 0 Å². The molecule has 0 aliphatic carbocycles. The molecular formula is C15H22N2O2. The SMILES string of the molecule is CCN(Cc1ccccc1)C(=O)NCC1CCCO1. The van der Waals surface area contributed by atoms with Crippen LogP contribution in [0.15, 0.2) is 30.3 Å². The van der Waals surface area contributed by atoms with Crippen molar-refractivity contribution in [3.05, 3.63) is 35.9 Å². The van der Waals surface area contributed by atoms with Crippen LogP contribution in [-0.2, 0) is 11.3 Å². The van der Waals surface area contributed by atoms with E-state index < -0.39 is 0 Å². The predicted octanol–water partition coefficient (Wildman–Crippen LogP) is 2.40. The first-order valence-corrected chi connectivity index (χ1v) is 6.98. The van der Waals surface area contributed by atoms with E-state index in [0.29, 0.717) is 19.6 Å². The second-order valence-corrected chi connectivity index (χ2v) is 4.82. The molecule has 1 fully saturated rings. The quantitative estimate of drug-likeness (QED) is 0.885. The maximum atomic E-state index is 12.1. The van der Waals surface area contributed by atoms with E-state index in [1.165, 1.54) is 0 Å². The number of rotatable bonds is 5. The van der Waals surface area contributed by atoms with E-state index >= 15 is 0 Å². The lowest BCUT2D eigenvalue weighted by Crippen LogP contribution is -2.42. The molecule has 19 heavy (non-hydrogen) atoms. The van der Waals surface area contributed by atoms with Crippen LogP contribution in [0.3, 0.4) is 0 Å².